The van der Waals surface area contributed by atoms with Gasteiger partial charge in [0, 0.05) is 18.5 Å². The van der Waals surface area contributed by atoms with Gasteiger partial charge in [0.05, 0.1) is 13.7 Å². The van der Waals surface area contributed by atoms with E-state index in [0.717, 1.165) is 16.5 Å². The Kier molecular flexibility index (Phi) is 6.17. The van der Waals surface area contributed by atoms with Crippen LogP contribution in [0.5, 0.6) is 11.5 Å². The molecule has 0 aliphatic heterocycles. The first-order valence-electron chi connectivity index (χ1n) is 6.92. The molecule has 0 radical (unpaired) electrons. The van der Waals surface area contributed by atoms with E-state index in [2.05, 4.69) is 10.3 Å². The van der Waals surface area contributed by atoms with E-state index in [1.807, 2.05) is 24.3 Å². The molecule has 0 spiro atoms. The normalized spacial score (nSPS) is 10.3. The number of rotatable bonds is 8. The lowest BCUT2D eigenvalue weighted by Gasteiger charge is -2.07. The van der Waals surface area contributed by atoms with Gasteiger partial charge >= 0.3 is 0 Å². The summed E-state index contributed by atoms with van der Waals surface area (Å²) in [4.78, 5) is 15.9. The Morgan fingerprint density at radius 1 is 1.32 bits per heavy atom. The van der Waals surface area contributed by atoms with Gasteiger partial charge in [-0.25, -0.2) is 4.98 Å². The summed E-state index contributed by atoms with van der Waals surface area (Å²) < 4.78 is 10.7. The molecule has 0 unspecified atom stereocenters. The Balaban J connectivity index is 1.65. The Morgan fingerprint density at radius 3 is 2.68 bits per heavy atom. The average Bonchev–Trinajstić information content (AvgIpc) is 3.04. The molecule has 1 heterocycles. The fraction of sp³-hybridized carbons (Fsp3) is 0.333. The molecule has 0 saturated heterocycles. The van der Waals surface area contributed by atoms with Crippen LogP contribution in [0.25, 0.3) is 0 Å². The van der Waals surface area contributed by atoms with E-state index in [1.165, 1.54) is 11.3 Å². The molecule has 2 aromatic rings. The van der Waals surface area contributed by atoms with E-state index in [0.29, 0.717) is 31.8 Å². The molecular weight excluding hydrogens is 302 g/mol. The van der Waals surface area contributed by atoms with Crippen LogP contribution in [0, 0.1) is 0 Å². The molecule has 1 aromatic carbocycles. The zero-order valence-electron chi connectivity index (χ0n) is 12.4. The number of aromatic nitrogens is 1. The van der Waals surface area contributed by atoms with Gasteiger partial charge in [-0.05, 0) is 30.7 Å². The van der Waals surface area contributed by atoms with Crippen LogP contribution in [-0.4, -0.2) is 31.2 Å². The minimum absolute atomic E-state index is 0.180. The third-order valence-corrected chi connectivity index (χ3v) is 3.76. The predicted octanol–water partition coefficient (Wildman–Crippen LogP) is 1.81. The molecule has 118 valence electrons. The third-order valence-electron chi connectivity index (χ3n) is 2.89. The molecule has 0 saturated carbocycles. The number of ether oxygens (including phenoxy) is 2. The van der Waals surface area contributed by atoms with E-state index >= 15 is 0 Å². The number of methoxy groups -OCH3 is 1. The second kappa shape index (κ2) is 8.35. The monoisotopic (exact) mass is 321 g/mol. The second-order valence-corrected chi connectivity index (χ2v) is 5.41. The zero-order valence-corrected chi connectivity index (χ0v) is 13.2. The number of benzene rings is 1. The molecule has 0 aliphatic rings. The number of thiazole rings is 1. The first-order valence-corrected chi connectivity index (χ1v) is 7.80. The van der Waals surface area contributed by atoms with Crippen molar-refractivity contribution in [1.82, 2.24) is 10.3 Å². The highest BCUT2D eigenvalue weighted by molar-refractivity contribution is 7.09. The van der Waals surface area contributed by atoms with Crippen LogP contribution >= 0.6 is 11.3 Å². The van der Waals surface area contributed by atoms with Crippen LogP contribution in [0.2, 0.25) is 0 Å². The fourth-order valence-electron chi connectivity index (χ4n) is 1.74. The molecule has 0 bridgehead atoms. The molecule has 2 rings (SSSR count). The quantitative estimate of drug-likeness (QED) is 0.724. The van der Waals surface area contributed by atoms with Crippen LogP contribution in [0.4, 0.5) is 0 Å². The summed E-state index contributed by atoms with van der Waals surface area (Å²) in [6.07, 6.45) is 0.714. The van der Waals surface area contributed by atoms with Crippen molar-refractivity contribution in [3.63, 3.8) is 0 Å². The first kappa shape index (κ1) is 16.3. The molecule has 22 heavy (non-hydrogen) atoms. The largest absolute Gasteiger partial charge is 0.497 e. The molecule has 3 N–H and O–H groups in total. The van der Waals surface area contributed by atoms with Crippen molar-refractivity contribution in [3.8, 4) is 11.5 Å². The summed E-state index contributed by atoms with van der Waals surface area (Å²) in [5.74, 6) is 1.39. The number of nitrogens with zero attached hydrogens (tertiary/aromatic N) is 1. The summed E-state index contributed by atoms with van der Waals surface area (Å²) in [5.41, 5.74) is 5.89. The maximum Gasteiger partial charge on any atom is 0.270 e. The van der Waals surface area contributed by atoms with Crippen molar-refractivity contribution >= 4 is 17.2 Å². The van der Waals surface area contributed by atoms with E-state index in [4.69, 9.17) is 15.2 Å². The van der Waals surface area contributed by atoms with E-state index in [9.17, 15) is 4.79 Å². The van der Waals surface area contributed by atoms with E-state index in [-0.39, 0.29) is 5.91 Å². The number of amides is 1. The van der Waals surface area contributed by atoms with Crippen molar-refractivity contribution < 1.29 is 14.3 Å². The fourth-order valence-corrected chi connectivity index (χ4v) is 2.39. The van der Waals surface area contributed by atoms with Crippen LogP contribution in [0.3, 0.4) is 0 Å². The molecule has 7 heteroatoms. The van der Waals surface area contributed by atoms with Gasteiger partial charge in [-0.1, -0.05) is 0 Å². The molecule has 0 fully saturated rings. The third kappa shape index (κ3) is 4.71. The SMILES string of the molecule is COc1ccc(OCCCNC(=O)c2csc(CN)n2)cc1. The van der Waals surface area contributed by atoms with E-state index < -0.39 is 0 Å². The summed E-state index contributed by atoms with van der Waals surface area (Å²) in [7, 11) is 1.62. The molecule has 0 aliphatic carbocycles. The minimum Gasteiger partial charge on any atom is -0.497 e. The lowest BCUT2D eigenvalue weighted by atomic mass is 10.3. The van der Waals surface area contributed by atoms with E-state index in [1.54, 1.807) is 12.5 Å². The Hall–Kier alpha value is -2.12. The maximum absolute atomic E-state index is 11.8. The summed E-state index contributed by atoms with van der Waals surface area (Å²) >= 11 is 1.39. The number of hydrogen-bond acceptors (Lipinski definition) is 6. The Morgan fingerprint density at radius 2 is 2.05 bits per heavy atom. The van der Waals surface area contributed by atoms with Crippen molar-refractivity contribution in [2.45, 2.75) is 13.0 Å². The van der Waals surface area contributed by atoms with Crippen LogP contribution in [-0.2, 0) is 6.54 Å². The smallest absolute Gasteiger partial charge is 0.270 e. The van der Waals surface area contributed by atoms with Crippen LogP contribution in [0.15, 0.2) is 29.6 Å². The second-order valence-electron chi connectivity index (χ2n) is 4.46. The first-order chi connectivity index (χ1) is 10.7. The van der Waals surface area contributed by atoms with Gasteiger partial charge < -0.3 is 20.5 Å². The predicted molar refractivity (Wildman–Crippen MR) is 85.4 cm³/mol. The topological polar surface area (TPSA) is 86.5 Å². The number of carbonyl (C=O) groups excluding carboxylic acids is 1. The number of nitrogens with one attached hydrogen (secondary N) is 1. The van der Waals surface area contributed by atoms with Gasteiger partial charge in [0.25, 0.3) is 5.91 Å². The van der Waals surface area contributed by atoms with Gasteiger partial charge in [-0.15, -0.1) is 11.3 Å². The molecule has 0 atom stereocenters. The highest BCUT2D eigenvalue weighted by Gasteiger charge is 2.09. The van der Waals surface area contributed by atoms with Gasteiger partial charge in [0.15, 0.2) is 0 Å². The number of nitrogens with two attached hydrogens (primary N) is 1. The number of hydrogen-bond donors (Lipinski definition) is 2. The van der Waals surface area contributed by atoms with Crippen molar-refractivity contribution in [1.29, 1.82) is 0 Å². The van der Waals surface area contributed by atoms with Gasteiger partial charge in [0.2, 0.25) is 0 Å². The van der Waals surface area contributed by atoms with Gasteiger partial charge in [-0.2, -0.15) is 0 Å². The van der Waals surface area contributed by atoms with Gasteiger partial charge in [-0.3, -0.25) is 4.79 Å². The van der Waals surface area contributed by atoms with Crippen LogP contribution < -0.4 is 20.5 Å². The Labute approximate surface area is 133 Å². The summed E-state index contributed by atoms with van der Waals surface area (Å²) in [6.45, 7) is 1.41. The van der Waals surface area contributed by atoms with Gasteiger partial charge in [0.1, 0.15) is 22.2 Å². The molecule has 1 aromatic heterocycles. The number of carbonyl (C=O) groups is 1. The highest BCUT2D eigenvalue weighted by Crippen LogP contribution is 2.16. The van der Waals surface area contributed by atoms with Crippen LogP contribution in [0.1, 0.15) is 21.9 Å². The minimum atomic E-state index is -0.180. The lowest BCUT2D eigenvalue weighted by Crippen LogP contribution is -2.25. The highest BCUT2D eigenvalue weighted by atomic mass is 32.1. The molecule has 6 nitrogen and oxygen atoms in total. The zero-order chi connectivity index (χ0) is 15.8. The summed E-state index contributed by atoms with van der Waals surface area (Å²) in [6, 6.07) is 7.38. The average molecular weight is 321 g/mol. The molecule has 1 amide bonds. The maximum atomic E-state index is 11.8. The lowest BCUT2D eigenvalue weighted by molar-refractivity contribution is 0.0947. The Bertz CT molecular complexity index is 598. The summed E-state index contributed by atoms with van der Waals surface area (Å²) in [5, 5.41) is 5.28. The van der Waals surface area contributed by atoms with Crippen molar-refractivity contribution in [2.75, 3.05) is 20.3 Å². The van der Waals surface area contributed by atoms with Crippen molar-refractivity contribution in [3.05, 3.63) is 40.3 Å². The standard InChI is InChI=1S/C15H19N3O3S/c1-20-11-3-5-12(6-4-11)21-8-2-7-17-15(19)13-10-22-14(9-16)18-13/h3-6,10H,2,7-9,16H2,1H3,(H,17,19). The molecular formula is C15H19N3O3S. The van der Waals surface area contributed by atoms with Crippen molar-refractivity contribution in [2.24, 2.45) is 5.73 Å².